The summed E-state index contributed by atoms with van der Waals surface area (Å²) in [7, 11) is 0. The lowest BCUT2D eigenvalue weighted by atomic mass is 9.99. The van der Waals surface area contributed by atoms with Gasteiger partial charge in [-0.1, -0.05) is 48.5 Å². The minimum atomic E-state index is 0.0444. The number of rotatable bonds is 7. The Morgan fingerprint density at radius 3 is 2.46 bits per heavy atom. The maximum absolute atomic E-state index is 12.5. The third kappa shape index (κ3) is 4.68. The number of carbonyl (C=O) groups excluding carboxylic acids is 1. The average molecular weight is 322 g/mol. The molecule has 0 unspecified atom stereocenters. The number of likely N-dealkylation sites (tertiary alicyclic amines) is 1. The van der Waals surface area contributed by atoms with Crippen molar-refractivity contribution in [1.29, 1.82) is 0 Å². The van der Waals surface area contributed by atoms with E-state index in [2.05, 4.69) is 22.3 Å². The first-order chi connectivity index (χ1) is 11.8. The van der Waals surface area contributed by atoms with Gasteiger partial charge in [0.25, 0.3) is 5.91 Å². The SMILES string of the molecule is O=C(NCCCN1CCCC1)c1ccccc1Cc1ccccc1. The zero-order valence-corrected chi connectivity index (χ0v) is 14.2. The van der Waals surface area contributed by atoms with E-state index in [4.69, 9.17) is 0 Å². The number of hydrogen-bond donors (Lipinski definition) is 1. The van der Waals surface area contributed by atoms with Gasteiger partial charge in [-0.3, -0.25) is 4.79 Å². The predicted octanol–water partition coefficient (Wildman–Crippen LogP) is 3.49. The van der Waals surface area contributed by atoms with Crippen LogP contribution >= 0.6 is 0 Å². The van der Waals surface area contributed by atoms with E-state index in [-0.39, 0.29) is 5.91 Å². The van der Waals surface area contributed by atoms with Crippen LogP contribution in [-0.2, 0) is 6.42 Å². The fourth-order valence-corrected chi connectivity index (χ4v) is 3.32. The van der Waals surface area contributed by atoms with Crippen molar-refractivity contribution in [3.8, 4) is 0 Å². The molecule has 1 saturated heterocycles. The number of nitrogens with one attached hydrogen (secondary N) is 1. The molecule has 24 heavy (non-hydrogen) atoms. The van der Waals surface area contributed by atoms with Gasteiger partial charge in [-0.05, 0) is 62.5 Å². The Morgan fingerprint density at radius 1 is 0.958 bits per heavy atom. The summed E-state index contributed by atoms with van der Waals surface area (Å²) in [5.41, 5.74) is 3.11. The van der Waals surface area contributed by atoms with Gasteiger partial charge >= 0.3 is 0 Å². The fraction of sp³-hybridized carbons (Fsp3) is 0.381. The molecule has 1 fully saturated rings. The van der Waals surface area contributed by atoms with Gasteiger partial charge in [0, 0.05) is 12.1 Å². The highest BCUT2D eigenvalue weighted by Crippen LogP contribution is 2.14. The summed E-state index contributed by atoms with van der Waals surface area (Å²) >= 11 is 0. The molecule has 2 aromatic carbocycles. The van der Waals surface area contributed by atoms with Gasteiger partial charge in [-0.15, -0.1) is 0 Å². The van der Waals surface area contributed by atoms with Crippen LogP contribution in [0.25, 0.3) is 0 Å². The van der Waals surface area contributed by atoms with Crippen molar-refractivity contribution in [1.82, 2.24) is 10.2 Å². The van der Waals surface area contributed by atoms with Crippen LogP contribution in [0.5, 0.6) is 0 Å². The van der Waals surface area contributed by atoms with Crippen LogP contribution in [0.3, 0.4) is 0 Å². The van der Waals surface area contributed by atoms with Crippen molar-refractivity contribution in [2.45, 2.75) is 25.7 Å². The molecular formula is C21H26N2O. The Hall–Kier alpha value is -2.13. The maximum atomic E-state index is 12.5. The van der Waals surface area contributed by atoms with Crippen LogP contribution in [0.1, 0.15) is 40.7 Å². The van der Waals surface area contributed by atoms with Gasteiger partial charge in [-0.2, -0.15) is 0 Å². The third-order valence-corrected chi connectivity index (χ3v) is 4.63. The van der Waals surface area contributed by atoms with Gasteiger partial charge in [0.1, 0.15) is 0 Å². The van der Waals surface area contributed by atoms with E-state index in [1.165, 1.54) is 31.5 Å². The second-order valence-electron chi connectivity index (χ2n) is 6.48. The molecule has 3 rings (SSSR count). The lowest BCUT2D eigenvalue weighted by molar-refractivity contribution is 0.0951. The zero-order chi connectivity index (χ0) is 16.6. The quantitative estimate of drug-likeness (QED) is 0.791. The average Bonchev–Trinajstić information content (AvgIpc) is 3.13. The van der Waals surface area contributed by atoms with Crippen LogP contribution in [0.15, 0.2) is 54.6 Å². The zero-order valence-electron chi connectivity index (χ0n) is 14.2. The monoisotopic (exact) mass is 322 g/mol. The summed E-state index contributed by atoms with van der Waals surface area (Å²) < 4.78 is 0. The van der Waals surface area contributed by atoms with Gasteiger partial charge in [0.2, 0.25) is 0 Å². The van der Waals surface area contributed by atoms with Gasteiger partial charge in [0.05, 0.1) is 0 Å². The van der Waals surface area contributed by atoms with Crippen LogP contribution in [0.2, 0.25) is 0 Å². The van der Waals surface area contributed by atoms with Crippen molar-refractivity contribution in [3.05, 3.63) is 71.3 Å². The first-order valence-electron chi connectivity index (χ1n) is 8.95. The third-order valence-electron chi connectivity index (χ3n) is 4.63. The molecule has 0 atom stereocenters. The molecule has 2 aromatic rings. The minimum Gasteiger partial charge on any atom is -0.352 e. The summed E-state index contributed by atoms with van der Waals surface area (Å²) in [6.45, 7) is 4.27. The molecule has 0 aliphatic carbocycles. The maximum Gasteiger partial charge on any atom is 0.251 e. The fourth-order valence-electron chi connectivity index (χ4n) is 3.32. The second kappa shape index (κ2) is 8.65. The molecule has 0 spiro atoms. The Balaban J connectivity index is 1.54. The summed E-state index contributed by atoms with van der Waals surface area (Å²) in [4.78, 5) is 15.0. The highest BCUT2D eigenvalue weighted by molar-refractivity contribution is 5.95. The van der Waals surface area contributed by atoms with E-state index in [1.807, 2.05) is 42.5 Å². The van der Waals surface area contributed by atoms with E-state index in [0.717, 1.165) is 37.1 Å². The highest BCUT2D eigenvalue weighted by atomic mass is 16.1. The van der Waals surface area contributed by atoms with Gasteiger partial charge in [0.15, 0.2) is 0 Å². The Labute approximate surface area is 144 Å². The van der Waals surface area contributed by atoms with Crippen molar-refractivity contribution in [3.63, 3.8) is 0 Å². The molecule has 0 saturated carbocycles. The van der Waals surface area contributed by atoms with E-state index < -0.39 is 0 Å². The van der Waals surface area contributed by atoms with Gasteiger partial charge < -0.3 is 10.2 Å². The number of benzene rings is 2. The normalized spacial score (nSPS) is 14.7. The Bertz CT molecular complexity index is 648. The summed E-state index contributed by atoms with van der Waals surface area (Å²) in [6, 6.07) is 18.2. The summed E-state index contributed by atoms with van der Waals surface area (Å²) in [5.74, 6) is 0.0444. The van der Waals surface area contributed by atoms with E-state index >= 15 is 0 Å². The number of amides is 1. The van der Waals surface area contributed by atoms with E-state index in [9.17, 15) is 4.79 Å². The molecule has 0 aromatic heterocycles. The highest BCUT2D eigenvalue weighted by Gasteiger charge is 2.12. The number of nitrogens with zero attached hydrogens (tertiary/aromatic N) is 1. The van der Waals surface area contributed by atoms with Crippen molar-refractivity contribution in [2.24, 2.45) is 0 Å². The molecule has 3 heteroatoms. The molecule has 1 amide bonds. The number of hydrogen-bond acceptors (Lipinski definition) is 2. The van der Waals surface area contributed by atoms with Crippen molar-refractivity contribution < 1.29 is 4.79 Å². The Morgan fingerprint density at radius 2 is 1.67 bits per heavy atom. The van der Waals surface area contributed by atoms with Crippen LogP contribution in [-0.4, -0.2) is 37.0 Å². The largest absolute Gasteiger partial charge is 0.352 e. The topological polar surface area (TPSA) is 32.3 Å². The predicted molar refractivity (Wildman–Crippen MR) is 98.3 cm³/mol. The Kier molecular flexibility index (Phi) is 6.02. The summed E-state index contributed by atoms with van der Waals surface area (Å²) in [6.07, 6.45) is 4.45. The van der Waals surface area contributed by atoms with E-state index in [1.54, 1.807) is 0 Å². The standard InChI is InChI=1S/C21H26N2O/c24-21(22-13-8-16-23-14-6-7-15-23)20-12-5-4-11-19(20)17-18-9-2-1-3-10-18/h1-5,9-12H,6-8,13-17H2,(H,22,24). The first kappa shape index (κ1) is 16.7. The number of carbonyl (C=O) groups is 1. The molecular weight excluding hydrogens is 296 g/mol. The molecule has 1 aliphatic rings. The molecule has 0 radical (unpaired) electrons. The molecule has 3 nitrogen and oxygen atoms in total. The molecule has 0 bridgehead atoms. The molecule has 1 aliphatic heterocycles. The van der Waals surface area contributed by atoms with Gasteiger partial charge in [-0.25, -0.2) is 0 Å². The smallest absolute Gasteiger partial charge is 0.251 e. The van der Waals surface area contributed by atoms with Crippen LogP contribution in [0, 0.1) is 0 Å². The lowest BCUT2D eigenvalue weighted by Crippen LogP contribution is -2.29. The minimum absolute atomic E-state index is 0.0444. The summed E-state index contributed by atoms with van der Waals surface area (Å²) in [5, 5.41) is 3.08. The van der Waals surface area contributed by atoms with Crippen LogP contribution in [0.4, 0.5) is 0 Å². The van der Waals surface area contributed by atoms with Crippen LogP contribution < -0.4 is 5.32 Å². The lowest BCUT2D eigenvalue weighted by Gasteiger charge is -2.15. The van der Waals surface area contributed by atoms with Crippen molar-refractivity contribution >= 4 is 5.91 Å². The van der Waals surface area contributed by atoms with Crippen molar-refractivity contribution in [2.75, 3.05) is 26.2 Å². The molecule has 1 heterocycles. The first-order valence-corrected chi connectivity index (χ1v) is 8.95. The second-order valence-corrected chi connectivity index (χ2v) is 6.48. The van der Waals surface area contributed by atoms with E-state index in [0.29, 0.717) is 0 Å². The molecule has 1 N–H and O–H groups in total. The molecule has 126 valence electrons.